The normalized spacial score (nSPS) is 12.1. The number of hydrogen-bond donors (Lipinski definition) is 2. The van der Waals surface area contributed by atoms with E-state index in [-0.39, 0.29) is 12.1 Å². The van der Waals surface area contributed by atoms with Gasteiger partial charge in [-0.05, 0) is 18.9 Å². The van der Waals surface area contributed by atoms with E-state index in [1.165, 1.54) is 6.07 Å². The van der Waals surface area contributed by atoms with E-state index in [0.717, 1.165) is 0 Å². The fourth-order valence-electron chi connectivity index (χ4n) is 1.43. The number of nitrogens with zero attached hydrogens (tertiary/aromatic N) is 1. The lowest BCUT2D eigenvalue weighted by atomic mass is 10.00. The number of nitro benzene ring substituents is 1. The zero-order valence-corrected chi connectivity index (χ0v) is 8.84. The molecule has 0 radical (unpaired) electrons. The highest BCUT2D eigenvalue weighted by Crippen LogP contribution is 2.21. The van der Waals surface area contributed by atoms with Gasteiger partial charge >= 0.3 is 0 Å². The minimum atomic E-state index is -0.819. The predicted octanol–water partition coefficient (Wildman–Crippen LogP) is 0.258. The first-order valence-corrected chi connectivity index (χ1v) is 4.71. The number of rotatable bonds is 4. The Bertz CT molecular complexity index is 431. The van der Waals surface area contributed by atoms with Crippen LogP contribution in [-0.4, -0.2) is 16.9 Å². The molecule has 0 aliphatic heterocycles. The highest BCUT2D eigenvalue weighted by Gasteiger charge is 2.17. The molecule has 1 rings (SSSR count). The Morgan fingerprint density at radius 1 is 1.56 bits per heavy atom. The van der Waals surface area contributed by atoms with E-state index in [2.05, 4.69) is 0 Å². The maximum Gasteiger partial charge on any atom is 0.272 e. The van der Waals surface area contributed by atoms with Crippen LogP contribution in [0.15, 0.2) is 18.2 Å². The van der Waals surface area contributed by atoms with E-state index in [9.17, 15) is 14.9 Å². The fraction of sp³-hybridized carbons (Fsp3) is 0.300. The lowest BCUT2D eigenvalue weighted by Crippen LogP contribution is -2.38. The number of hydrogen-bond acceptors (Lipinski definition) is 4. The second-order valence-electron chi connectivity index (χ2n) is 3.53. The van der Waals surface area contributed by atoms with Gasteiger partial charge in [-0.1, -0.05) is 12.1 Å². The lowest BCUT2D eigenvalue weighted by molar-refractivity contribution is -0.385. The number of carbonyl (C=O) groups is 1. The van der Waals surface area contributed by atoms with Gasteiger partial charge in [0.15, 0.2) is 0 Å². The summed E-state index contributed by atoms with van der Waals surface area (Å²) in [5.74, 6) is -0.620. The maximum atomic E-state index is 10.8. The first-order chi connectivity index (χ1) is 7.43. The lowest BCUT2D eigenvalue weighted by Gasteiger charge is -2.09. The van der Waals surface area contributed by atoms with Crippen molar-refractivity contribution in [2.24, 2.45) is 11.5 Å². The van der Waals surface area contributed by atoms with Crippen molar-refractivity contribution in [1.29, 1.82) is 0 Å². The number of benzene rings is 1. The predicted molar refractivity (Wildman–Crippen MR) is 58.7 cm³/mol. The summed E-state index contributed by atoms with van der Waals surface area (Å²) in [4.78, 5) is 21.0. The SMILES string of the molecule is Cc1c(CC(N)C(N)=O)cccc1[N+](=O)[O-]. The molecule has 0 spiro atoms. The zero-order chi connectivity index (χ0) is 12.3. The molecule has 0 fully saturated rings. The molecule has 1 amide bonds. The number of nitrogens with two attached hydrogens (primary N) is 2. The molecule has 0 aromatic heterocycles. The van der Waals surface area contributed by atoms with Crippen LogP contribution in [0.1, 0.15) is 11.1 Å². The largest absolute Gasteiger partial charge is 0.368 e. The third-order valence-corrected chi connectivity index (χ3v) is 2.42. The molecule has 0 aliphatic rings. The third kappa shape index (κ3) is 2.54. The minimum Gasteiger partial charge on any atom is -0.368 e. The molecule has 16 heavy (non-hydrogen) atoms. The van der Waals surface area contributed by atoms with Gasteiger partial charge in [-0.15, -0.1) is 0 Å². The Labute approximate surface area is 92.4 Å². The van der Waals surface area contributed by atoms with Gasteiger partial charge in [0.2, 0.25) is 5.91 Å². The smallest absolute Gasteiger partial charge is 0.272 e. The van der Waals surface area contributed by atoms with Gasteiger partial charge in [0.05, 0.1) is 11.0 Å². The van der Waals surface area contributed by atoms with Crippen LogP contribution in [-0.2, 0) is 11.2 Å². The standard InChI is InChI=1S/C10H13N3O3/c1-6-7(5-8(11)10(12)14)3-2-4-9(6)13(15)16/h2-4,8H,5,11H2,1H3,(H2,12,14). The van der Waals surface area contributed by atoms with Gasteiger partial charge in [-0.3, -0.25) is 14.9 Å². The van der Waals surface area contributed by atoms with E-state index in [4.69, 9.17) is 11.5 Å². The van der Waals surface area contributed by atoms with Crippen molar-refractivity contribution in [3.63, 3.8) is 0 Å². The van der Waals surface area contributed by atoms with Crippen molar-refractivity contribution >= 4 is 11.6 Å². The van der Waals surface area contributed by atoms with E-state index < -0.39 is 16.9 Å². The monoisotopic (exact) mass is 223 g/mol. The highest BCUT2D eigenvalue weighted by atomic mass is 16.6. The highest BCUT2D eigenvalue weighted by molar-refractivity contribution is 5.80. The second-order valence-corrected chi connectivity index (χ2v) is 3.53. The fourth-order valence-corrected chi connectivity index (χ4v) is 1.43. The summed E-state index contributed by atoms with van der Waals surface area (Å²) in [5, 5.41) is 10.7. The molecule has 0 heterocycles. The summed E-state index contributed by atoms with van der Waals surface area (Å²) in [6, 6.07) is 3.86. The first kappa shape index (κ1) is 12.1. The average Bonchev–Trinajstić information content (AvgIpc) is 2.20. The first-order valence-electron chi connectivity index (χ1n) is 4.71. The van der Waals surface area contributed by atoms with E-state index in [0.29, 0.717) is 11.1 Å². The van der Waals surface area contributed by atoms with Crippen molar-refractivity contribution in [3.8, 4) is 0 Å². The molecule has 0 aliphatic carbocycles. The second kappa shape index (κ2) is 4.71. The summed E-state index contributed by atoms with van der Waals surface area (Å²) in [6.45, 7) is 1.63. The van der Waals surface area contributed by atoms with Crippen LogP contribution in [0.3, 0.4) is 0 Å². The van der Waals surface area contributed by atoms with Gasteiger partial charge in [0, 0.05) is 11.6 Å². The molecule has 0 saturated heterocycles. The van der Waals surface area contributed by atoms with E-state index in [1.807, 2.05) is 0 Å². The number of amides is 1. The summed E-state index contributed by atoms with van der Waals surface area (Å²) in [6.07, 6.45) is 0.211. The molecule has 0 saturated carbocycles. The average molecular weight is 223 g/mol. The number of primary amides is 1. The summed E-state index contributed by atoms with van der Waals surface area (Å²) >= 11 is 0. The Kier molecular flexibility index (Phi) is 3.57. The van der Waals surface area contributed by atoms with E-state index in [1.54, 1.807) is 19.1 Å². The Morgan fingerprint density at radius 2 is 2.19 bits per heavy atom. The molecular weight excluding hydrogens is 210 g/mol. The molecule has 1 unspecified atom stereocenters. The minimum absolute atomic E-state index is 0.0224. The Morgan fingerprint density at radius 3 is 2.69 bits per heavy atom. The summed E-state index contributed by atoms with van der Waals surface area (Å²) < 4.78 is 0. The number of nitro groups is 1. The van der Waals surface area contributed by atoms with Crippen molar-refractivity contribution in [2.45, 2.75) is 19.4 Å². The van der Waals surface area contributed by atoms with Crippen molar-refractivity contribution in [3.05, 3.63) is 39.4 Å². The van der Waals surface area contributed by atoms with Crippen LogP contribution < -0.4 is 11.5 Å². The summed E-state index contributed by atoms with van der Waals surface area (Å²) in [5.41, 5.74) is 11.7. The molecule has 1 aromatic rings. The Hall–Kier alpha value is -1.95. The zero-order valence-electron chi connectivity index (χ0n) is 8.84. The molecule has 6 nitrogen and oxygen atoms in total. The molecule has 0 bridgehead atoms. The van der Waals surface area contributed by atoms with Crippen molar-refractivity contribution < 1.29 is 9.72 Å². The molecule has 4 N–H and O–H groups in total. The maximum absolute atomic E-state index is 10.8. The molecular formula is C10H13N3O3. The quantitative estimate of drug-likeness (QED) is 0.563. The van der Waals surface area contributed by atoms with Gasteiger partial charge in [0.25, 0.3) is 5.69 Å². The van der Waals surface area contributed by atoms with Gasteiger partial charge in [-0.25, -0.2) is 0 Å². The van der Waals surface area contributed by atoms with Crippen LogP contribution in [0, 0.1) is 17.0 Å². The molecule has 1 atom stereocenters. The number of carbonyl (C=O) groups excluding carboxylic acids is 1. The van der Waals surface area contributed by atoms with Crippen LogP contribution >= 0.6 is 0 Å². The summed E-state index contributed by atoms with van der Waals surface area (Å²) in [7, 11) is 0. The van der Waals surface area contributed by atoms with Crippen LogP contribution in [0.25, 0.3) is 0 Å². The van der Waals surface area contributed by atoms with Gasteiger partial charge in [0.1, 0.15) is 0 Å². The molecule has 1 aromatic carbocycles. The van der Waals surface area contributed by atoms with Crippen molar-refractivity contribution in [1.82, 2.24) is 0 Å². The van der Waals surface area contributed by atoms with Crippen molar-refractivity contribution in [2.75, 3.05) is 0 Å². The van der Waals surface area contributed by atoms with Crippen LogP contribution in [0.4, 0.5) is 5.69 Å². The van der Waals surface area contributed by atoms with Crippen LogP contribution in [0.2, 0.25) is 0 Å². The van der Waals surface area contributed by atoms with Gasteiger partial charge < -0.3 is 11.5 Å². The van der Waals surface area contributed by atoms with Gasteiger partial charge in [-0.2, -0.15) is 0 Å². The third-order valence-electron chi connectivity index (χ3n) is 2.42. The Balaban J connectivity index is 3.02. The molecule has 86 valence electrons. The topological polar surface area (TPSA) is 112 Å². The van der Waals surface area contributed by atoms with Crippen LogP contribution in [0.5, 0.6) is 0 Å². The molecule has 6 heteroatoms. The van der Waals surface area contributed by atoms with E-state index >= 15 is 0 Å².